The summed E-state index contributed by atoms with van der Waals surface area (Å²) < 4.78 is 6.28. The monoisotopic (exact) mass is 560 g/mol. The molecule has 0 aromatic heterocycles. The number of hydrogen-bond acceptors (Lipinski definition) is 3. The normalized spacial score (nSPS) is 10.6. The fourth-order valence-electron chi connectivity index (χ4n) is 2.22. The molecular formula is C20H26BrIN4O2. The molecule has 0 atom stereocenters. The number of nitrogens with one attached hydrogen (secondary N) is 2. The van der Waals surface area contributed by atoms with Gasteiger partial charge in [-0.2, -0.15) is 0 Å². The summed E-state index contributed by atoms with van der Waals surface area (Å²) in [6.07, 6.45) is 0. The third-order valence-corrected chi connectivity index (χ3v) is 4.36. The van der Waals surface area contributed by atoms with Crippen molar-refractivity contribution in [1.29, 1.82) is 0 Å². The average Bonchev–Trinajstić information content (AvgIpc) is 2.68. The highest BCUT2D eigenvalue weighted by Gasteiger charge is 2.06. The summed E-state index contributed by atoms with van der Waals surface area (Å²) in [5.74, 6) is 1.35. The molecule has 2 N–H and O–H groups in total. The Morgan fingerprint density at radius 2 is 1.82 bits per heavy atom. The van der Waals surface area contributed by atoms with Crippen LogP contribution in [-0.2, 0) is 17.9 Å². The third-order valence-electron chi connectivity index (χ3n) is 3.83. The van der Waals surface area contributed by atoms with Crippen LogP contribution in [0.5, 0.6) is 5.75 Å². The number of hydrogen-bond donors (Lipinski definition) is 2. The number of ether oxygens (including phenoxy) is 1. The van der Waals surface area contributed by atoms with Gasteiger partial charge in [-0.15, -0.1) is 24.0 Å². The Hall–Kier alpha value is -1.81. The van der Waals surface area contributed by atoms with Gasteiger partial charge in [0.2, 0.25) is 5.91 Å². The number of carbonyl (C=O) groups excluding carboxylic acids is 1. The largest absolute Gasteiger partial charge is 0.497 e. The van der Waals surface area contributed by atoms with E-state index in [-0.39, 0.29) is 36.4 Å². The molecule has 0 fully saturated rings. The van der Waals surface area contributed by atoms with Gasteiger partial charge in [0, 0.05) is 25.1 Å². The summed E-state index contributed by atoms with van der Waals surface area (Å²) in [5.41, 5.74) is 2.14. The highest BCUT2D eigenvalue weighted by Crippen LogP contribution is 2.13. The third kappa shape index (κ3) is 8.47. The maximum absolute atomic E-state index is 11.9. The fourth-order valence-corrected chi connectivity index (χ4v) is 2.49. The molecule has 0 spiro atoms. The summed E-state index contributed by atoms with van der Waals surface area (Å²) >= 11 is 3.43. The summed E-state index contributed by atoms with van der Waals surface area (Å²) in [6, 6.07) is 15.8. The molecule has 8 heteroatoms. The molecule has 0 bridgehead atoms. The van der Waals surface area contributed by atoms with Crippen molar-refractivity contribution in [3.8, 4) is 5.75 Å². The van der Waals surface area contributed by atoms with E-state index in [2.05, 4.69) is 31.6 Å². The molecule has 2 aromatic carbocycles. The molecule has 0 aliphatic rings. The SMILES string of the molecule is COc1cccc(CN=C(NCC(=O)N(C)C)NCc2ccc(Br)cc2)c1.I. The topological polar surface area (TPSA) is 66.0 Å². The first kappa shape index (κ1) is 24.2. The van der Waals surface area contributed by atoms with Crippen LogP contribution in [0.1, 0.15) is 11.1 Å². The van der Waals surface area contributed by atoms with Gasteiger partial charge in [0.15, 0.2) is 5.96 Å². The molecule has 2 aromatic rings. The summed E-state index contributed by atoms with van der Waals surface area (Å²) in [5, 5.41) is 6.36. The van der Waals surface area contributed by atoms with Gasteiger partial charge in [0.25, 0.3) is 0 Å². The Kier molecular flexibility index (Phi) is 10.9. The number of nitrogens with zero attached hydrogens (tertiary/aromatic N) is 2. The molecule has 0 aliphatic carbocycles. The number of halogens is 2. The van der Waals surface area contributed by atoms with E-state index in [0.717, 1.165) is 21.3 Å². The Labute approximate surface area is 191 Å². The zero-order chi connectivity index (χ0) is 19.6. The smallest absolute Gasteiger partial charge is 0.241 e. The van der Waals surface area contributed by atoms with Crippen LogP contribution in [0.2, 0.25) is 0 Å². The maximum atomic E-state index is 11.9. The number of likely N-dealkylation sites (N-methyl/N-ethyl adjacent to an activating group) is 1. The lowest BCUT2D eigenvalue weighted by Gasteiger charge is -2.15. The van der Waals surface area contributed by atoms with Crippen molar-refractivity contribution < 1.29 is 9.53 Å². The second-order valence-electron chi connectivity index (χ2n) is 6.14. The fraction of sp³-hybridized carbons (Fsp3) is 0.300. The van der Waals surface area contributed by atoms with Gasteiger partial charge in [0.05, 0.1) is 20.2 Å². The first-order valence-electron chi connectivity index (χ1n) is 8.57. The molecule has 0 aliphatic heterocycles. The highest BCUT2D eigenvalue weighted by molar-refractivity contribution is 14.0. The van der Waals surface area contributed by atoms with Crippen LogP contribution in [0, 0.1) is 0 Å². The lowest BCUT2D eigenvalue weighted by molar-refractivity contribution is -0.127. The Balaban J connectivity index is 0.00000392. The molecule has 0 saturated heterocycles. The number of aliphatic imine (C=N–C) groups is 1. The quantitative estimate of drug-likeness (QED) is 0.309. The molecule has 0 unspecified atom stereocenters. The average molecular weight is 561 g/mol. The minimum absolute atomic E-state index is 0. The molecule has 6 nitrogen and oxygen atoms in total. The van der Waals surface area contributed by atoms with E-state index < -0.39 is 0 Å². The van der Waals surface area contributed by atoms with Crippen molar-refractivity contribution in [3.05, 3.63) is 64.1 Å². The van der Waals surface area contributed by atoms with Crippen molar-refractivity contribution in [2.75, 3.05) is 27.7 Å². The van der Waals surface area contributed by atoms with Crippen LogP contribution in [0.3, 0.4) is 0 Å². The molecule has 28 heavy (non-hydrogen) atoms. The number of carbonyl (C=O) groups is 1. The van der Waals surface area contributed by atoms with E-state index in [4.69, 9.17) is 4.74 Å². The molecule has 152 valence electrons. The van der Waals surface area contributed by atoms with Gasteiger partial charge in [-0.05, 0) is 35.4 Å². The second-order valence-corrected chi connectivity index (χ2v) is 7.05. The molecular weight excluding hydrogens is 535 g/mol. The van der Waals surface area contributed by atoms with Gasteiger partial charge < -0.3 is 20.3 Å². The summed E-state index contributed by atoms with van der Waals surface area (Å²) in [6.45, 7) is 1.26. The van der Waals surface area contributed by atoms with E-state index in [9.17, 15) is 4.79 Å². The Bertz CT molecular complexity index is 782. The summed E-state index contributed by atoms with van der Waals surface area (Å²) in [7, 11) is 5.10. The van der Waals surface area contributed by atoms with Gasteiger partial charge in [-0.25, -0.2) is 4.99 Å². The van der Waals surface area contributed by atoms with E-state index in [0.29, 0.717) is 19.0 Å². The van der Waals surface area contributed by atoms with Crippen molar-refractivity contribution in [3.63, 3.8) is 0 Å². The number of benzene rings is 2. The van der Waals surface area contributed by atoms with Gasteiger partial charge >= 0.3 is 0 Å². The lowest BCUT2D eigenvalue weighted by Crippen LogP contribution is -2.42. The van der Waals surface area contributed by atoms with Crippen LogP contribution >= 0.6 is 39.9 Å². The minimum Gasteiger partial charge on any atom is -0.497 e. The van der Waals surface area contributed by atoms with E-state index in [1.165, 1.54) is 0 Å². The van der Waals surface area contributed by atoms with Crippen LogP contribution < -0.4 is 15.4 Å². The molecule has 0 saturated carbocycles. The predicted octanol–water partition coefficient (Wildman–Crippen LogP) is 3.40. The standard InChI is InChI=1S/C20H25BrN4O2.HI/c1-25(2)19(26)14-24-20(22-12-15-7-9-17(21)10-8-15)23-13-16-5-4-6-18(11-16)27-3;/h4-11H,12-14H2,1-3H3,(H2,22,23,24);1H. The Morgan fingerprint density at radius 1 is 1.11 bits per heavy atom. The summed E-state index contributed by atoms with van der Waals surface area (Å²) in [4.78, 5) is 18.0. The zero-order valence-corrected chi connectivity index (χ0v) is 20.2. The van der Waals surface area contributed by atoms with E-state index >= 15 is 0 Å². The maximum Gasteiger partial charge on any atom is 0.241 e. The van der Waals surface area contributed by atoms with Gasteiger partial charge in [0.1, 0.15) is 5.75 Å². The van der Waals surface area contributed by atoms with Crippen LogP contribution in [0.15, 0.2) is 58.0 Å². The number of methoxy groups -OCH3 is 1. The van der Waals surface area contributed by atoms with Crippen molar-refractivity contribution in [2.45, 2.75) is 13.1 Å². The number of amides is 1. The van der Waals surface area contributed by atoms with Crippen LogP contribution in [0.4, 0.5) is 0 Å². The van der Waals surface area contributed by atoms with Gasteiger partial charge in [-0.3, -0.25) is 4.79 Å². The van der Waals surface area contributed by atoms with E-state index in [1.807, 2.05) is 48.5 Å². The van der Waals surface area contributed by atoms with Crippen molar-refractivity contribution in [1.82, 2.24) is 15.5 Å². The first-order chi connectivity index (χ1) is 13.0. The van der Waals surface area contributed by atoms with Crippen molar-refractivity contribution in [2.24, 2.45) is 4.99 Å². The molecule has 0 heterocycles. The molecule has 2 rings (SSSR count). The van der Waals surface area contributed by atoms with Gasteiger partial charge in [-0.1, -0.05) is 40.2 Å². The second kappa shape index (κ2) is 12.6. The Morgan fingerprint density at radius 3 is 2.46 bits per heavy atom. The number of rotatable bonds is 7. The lowest BCUT2D eigenvalue weighted by atomic mass is 10.2. The predicted molar refractivity (Wildman–Crippen MR) is 127 cm³/mol. The number of guanidine groups is 1. The minimum atomic E-state index is -0.0190. The molecule has 0 radical (unpaired) electrons. The first-order valence-corrected chi connectivity index (χ1v) is 9.37. The van der Waals surface area contributed by atoms with Crippen molar-refractivity contribution >= 4 is 51.8 Å². The highest BCUT2D eigenvalue weighted by atomic mass is 127. The van der Waals surface area contributed by atoms with E-state index in [1.54, 1.807) is 26.1 Å². The molecule has 1 amide bonds. The van der Waals surface area contributed by atoms with Crippen LogP contribution in [0.25, 0.3) is 0 Å². The zero-order valence-electron chi connectivity index (χ0n) is 16.2. The van der Waals surface area contributed by atoms with Crippen LogP contribution in [-0.4, -0.2) is 44.5 Å².